The number of hydrogen-bond donors (Lipinski definition) is 2. The predicted octanol–water partition coefficient (Wildman–Crippen LogP) is 3.96. The number of nitrogens with two attached hydrogens (primary N) is 1. The van der Waals surface area contributed by atoms with E-state index >= 15 is 0 Å². The molecule has 2 N–H and O–H groups in total. The average Bonchev–Trinajstić information content (AvgIpc) is 2.53. The molecule has 4 unspecified atom stereocenters. The topological polar surface area (TPSA) is 35.2 Å². The van der Waals surface area contributed by atoms with E-state index < -0.39 is 0 Å². The largest absolute Gasteiger partial charge is 0.497 e. The van der Waals surface area contributed by atoms with Crippen molar-refractivity contribution in [2.75, 3.05) is 12.9 Å². The van der Waals surface area contributed by atoms with E-state index in [4.69, 9.17) is 10.5 Å². The summed E-state index contributed by atoms with van der Waals surface area (Å²) in [5.41, 5.74) is 9.76. The molecule has 2 aliphatic carbocycles. The Labute approximate surface area is 140 Å². The zero-order valence-electron chi connectivity index (χ0n) is 13.8. The highest BCUT2D eigenvalue weighted by Crippen LogP contribution is 2.47. The third-order valence-electron chi connectivity index (χ3n) is 6.21. The van der Waals surface area contributed by atoms with Crippen molar-refractivity contribution in [2.45, 2.75) is 56.9 Å². The summed E-state index contributed by atoms with van der Waals surface area (Å²) in [6.45, 7) is 2.38. The maximum absolute atomic E-state index is 6.76. The van der Waals surface area contributed by atoms with Crippen molar-refractivity contribution in [2.24, 2.45) is 17.6 Å². The molecule has 1 aromatic carbocycles. The molecule has 0 aliphatic heterocycles. The molecule has 2 bridgehead atoms. The molecule has 0 aromatic heterocycles. The van der Waals surface area contributed by atoms with Crippen LogP contribution in [0.5, 0.6) is 5.75 Å². The fourth-order valence-electron chi connectivity index (χ4n) is 4.65. The summed E-state index contributed by atoms with van der Waals surface area (Å²) in [4.78, 5) is 0. The second kappa shape index (κ2) is 6.45. The zero-order valence-corrected chi connectivity index (χ0v) is 14.7. The molecule has 0 saturated heterocycles. The number of benzene rings is 1. The molecule has 0 heterocycles. The number of hydrogen-bond acceptors (Lipinski definition) is 3. The van der Waals surface area contributed by atoms with Crippen LogP contribution in [-0.2, 0) is 11.8 Å². The lowest BCUT2D eigenvalue weighted by atomic mass is 9.59. The number of fused-ring (bicyclic) bond motifs is 4. The van der Waals surface area contributed by atoms with E-state index in [9.17, 15) is 0 Å². The molecule has 3 heteroatoms. The van der Waals surface area contributed by atoms with E-state index in [1.165, 1.54) is 43.2 Å². The van der Waals surface area contributed by atoms with Gasteiger partial charge in [-0.1, -0.05) is 19.4 Å². The van der Waals surface area contributed by atoms with Gasteiger partial charge in [0.15, 0.2) is 0 Å². The van der Waals surface area contributed by atoms with Crippen LogP contribution in [0.25, 0.3) is 0 Å². The first-order chi connectivity index (χ1) is 10.6. The number of thiol groups is 1. The Balaban J connectivity index is 1.97. The lowest BCUT2D eigenvalue weighted by Crippen LogP contribution is -2.53. The van der Waals surface area contributed by atoms with E-state index in [2.05, 4.69) is 37.8 Å². The minimum atomic E-state index is 0.0854. The van der Waals surface area contributed by atoms with Gasteiger partial charge in [0.25, 0.3) is 0 Å². The number of methoxy groups -OCH3 is 1. The van der Waals surface area contributed by atoms with E-state index in [1.54, 1.807) is 7.11 Å². The molecule has 2 aliphatic rings. The molecule has 0 spiro atoms. The Bertz CT molecular complexity index is 532. The first-order valence-electron chi connectivity index (χ1n) is 8.62. The van der Waals surface area contributed by atoms with Gasteiger partial charge in [0, 0.05) is 11.5 Å². The van der Waals surface area contributed by atoms with Crippen LogP contribution in [0, 0.1) is 11.8 Å². The van der Waals surface area contributed by atoms with Crippen LogP contribution in [0.4, 0.5) is 0 Å². The molecule has 3 rings (SSSR count). The van der Waals surface area contributed by atoms with Crippen LogP contribution < -0.4 is 10.5 Å². The molecule has 1 fully saturated rings. The van der Waals surface area contributed by atoms with Crippen molar-refractivity contribution < 1.29 is 4.74 Å². The third-order valence-corrected chi connectivity index (χ3v) is 6.47. The summed E-state index contributed by atoms with van der Waals surface area (Å²) >= 11 is 4.44. The molecule has 2 nitrogen and oxygen atoms in total. The Hall–Kier alpha value is -0.670. The van der Waals surface area contributed by atoms with Crippen molar-refractivity contribution in [1.82, 2.24) is 0 Å². The van der Waals surface area contributed by atoms with Gasteiger partial charge < -0.3 is 10.5 Å². The maximum atomic E-state index is 6.76. The lowest BCUT2D eigenvalue weighted by molar-refractivity contribution is 0.175. The summed E-state index contributed by atoms with van der Waals surface area (Å²) in [5, 5.41) is 0. The Kier molecular flexibility index (Phi) is 4.75. The smallest absolute Gasteiger partial charge is 0.119 e. The van der Waals surface area contributed by atoms with Gasteiger partial charge in [-0.25, -0.2) is 0 Å². The molecule has 0 radical (unpaired) electrons. The van der Waals surface area contributed by atoms with Gasteiger partial charge in [0.1, 0.15) is 5.75 Å². The van der Waals surface area contributed by atoms with Gasteiger partial charge in [-0.2, -0.15) is 12.6 Å². The third kappa shape index (κ3) is 2.78. The second-order valence-corrected chi connectivity index (χ2v) is 7.87. The van der Waals surface area contributed by atoms with Gasteiger partial charge in [-0.05, 0) is 73.0 Å². The van der Waals surface area contributed by atoms with Crippen LogP contribution in [0.2, 0.25) is 0 Å². The lowest BCUT2D eigenvalue weighted by Gasteiger charge is -2.48. The van der Waals surface area contributed by atoms with Crippen LogP contribution in [0.1, 0.15) is 50.2 Å². The van der Waals surface area contributed by atoms with Crippen molar-refractivity contribution >= 4 is 12.6 Å². The van der Waals surface area contributed by atoms with Gasteiger partial charge in [0.05, 0.1) is 7.11 Å². The normalized spacial score (nSPS) is 34.5. The molecular formula is C19H29NOS. The Morgan fingerprint density at radius 1 is 1.32 bits per heavy atom. The van der Waals surface area contributed by atoms with E-state index in [1.807, 2.05) is 0 Å². The molecule has 1 saturated carbocycles. The molecule has 122 valence electrons. The van der Waals surface area contributed by atoms with Crippen LogP contribution in [0.15, 0.2) is 18.2 Å². The quantitative estimate of drug-likeness (QED) is 0.827. The average molecular weight is 320 g/mol. The second-order valence-electron chi connectivity index (χ2n) is 7.42. The van der Waals surface area contributed by atoms with Crippen LogP contribution >= 0.6 is 12.6 Å². The van der Waals surface area contributed by atoms with Gasteiger partial charge >= 0.3 is 0 Å². The van der Waals surface area contributed by atoms with Crippen LogP contribution in [-0.4, -0.2) is 18.9 Å². The van der Waals surface area contributed by atoms with Crippen molar-refractivity contribution in [3.05, 3.63) is 29.3 Å². The summed E-state index contributed by atoms with van der Waals surface area (Å²) in [6.07, 6.45) is 7.41. The summed E-state index contributed by atoms with van der Waals surface area (Å²) in [5.74, 6) is 3.40. The van der Waals surface area contributed by atoms with Crippen LogP contribution in [0.3, 0.4) is 0 Å². The van der Waals surface area contributed by atoms with Crippen molar-refractivity contribution in [1.29, 1.82) is 0 Å². The molecule has 1 aromatic rings. The first-order valence-corrected chi connectivity index (χ1v) is 9.25. The highest BCUT2D eigenvalue weighted by Gasteiger charge is 2.44. The predicted molar refractivity (Wildman–Crippen MR) is 95.9 cm³/mol. The Morgan fingerprint density at radius 3 is 2.86 bits per heavy atom. The highest BCUT2D eigenvalue weighted by molar-refractivity contribution is 7.80. The van der Waals surface area contributed by atoms with Gasteiger partial charge in [0.2, 0.25) is 0 Å². The van der Waals surface area contributed by atoms with E-state index in [0.717, 1.165) is 23.8 Å². The molecular weight excluding hydrogens is 290 g/mol. The molecule has 0 amide bonds. The molecule has 22 heavy (non-hydrogen) atoms. The fraction of sp³-hybridized carbons (Fsp3) is 0.684. The Morgan fingerprint density at radius 2 is 2.14 bits per heavy atom. The summed E-state index contributed by atoms with van der Waals surface area (Å²) in [7, 11) is 1.75. The zero-order chi connectivity index (χ0) is 15.7. The summed E-state index contributed by atoms with van der Waals surface area (Å²) < 4.78 is 5.46. The van der Waals surface area contributed by atoms with Crippen molar-refractivity contribution in [3.8, 4) is 5.75 Å². The van der Waals surface area contributed by atoms with Gasteiger partial charge in [-0.3, -0.25) is 0 Å². The standard InChI is InChI=1S/C19H29NOS/c1-19-9-7-13(8-10-22)3-4-15(18(19)20)11-14-5-6-16(21-2)12-17(14)19/h5-6,12-13,15,18,22H,3-4,7-11,20H2,1-2H3. The number of ether oxygens (including phenoxy) is 1. The maximum Gasteiger partial charge on any atom is 0.119 e. The molecule has 4 atom stereocenters. The minimum absolute atomic E-state index is 0.0854. The first kappa shape index (κ1) is 16.2. The summed E-state index contributed by atoms with van der Waals surface area (Å²) in [6, 6.07) is 6.87. The SMILES string of the molecule is COc1ccc2c(c1)C1(C)CCC(CCS)CCC(C2)C1N. The van der Waals surface area contributed by atoms with Crippen molar-refractivity contribution in [3.63, 3.8) is 0 Å². The minimum Gasteiger partial charge on any atom is -0.497 e. The number of rotatable bonds is 3. The fourth-order valence-corrected chi connectivity index (χ4v) is 5.02. The monoisotopic (exact) mass is 319 g/mol. The highest BCUT2D eigenvalue weighted by atomic mass is 32.1. The van der Waals surface area contributed by atoms with E-state index in [-0.39, 0.29) is 11.5 Å². The van der Waals surface area contributed by atoms with Gasteiger partial charge in [-0.15, -0.1) is 0 Å². The van der Waals surface area contributed by atoms with E-state index in [0.29, 0.717) is 5.92 Å².